The van der Waals surface area contributed by atoms with E-state index in [4.69, 9.17) is 11.6 Å². The van der Waals surface area contributed by atoms with Gasteiger partial charge in [-0.05, 0) is 18.2 Å². The highest BCUT2D eigenvalue weighted by atomic mass is 79.9. The Hall–Kier alpha value is -1.60. The SMILES string of the molecule is COC(=O)CC1C(=O)NCCN1C(=O)c1cc(Br)ccc1Cl. The van der Waals surface area contributed by atoms with Crippen molar-refractivity contribution in [3.63, 3.8) is 0 Å². The van der Waals surface area contributed by atoms with Crippen molar-refractivity contribution >= 4 is 45.3 Å². The summed E-state index contributed by atoms with van der Waals surface area (Å²) in [6, 6.07) is 4.00. The largest absolute Gasteiger partial charge is 0.469 e. The lowest BCUT2D eigenvalue weighted by atomic mass is 10.1. The summed E-state index contributed by atoms with van der Waals surface area (Å²) in [5.41, 5.74) is 0.278. The lowest BCUT2D eigenvalue weighted by molar-refractivity contribution is -0.145. The van der Waals surface area contributed by atoms with Gasteiger partial charge in [-0.2, -0.15) is 0 Å². The van der Waals surface area contributed by atoms with Crippen molar-refractivity contribution < 1.29 is 19.1 Å². The van der Waals surface area contributed by atoms with E-state index in [1.807, 2.05) is 0 Å². The molecule has 1 aromatic rings. The number of carbonyl (C=O) groups excluding carboxylic acids is 3. The molecule has 2 rings (SSSR count). The second-order valence-corrected chi connectivity index (χ2v) is 6.03. The summed E-state index contributed by atoms with van der Waals surface area (Å²) in [6.45, 7) is 0.628. The van der Waals surface area contributed by atoms with Gasteiger partial charge in [0.25, 0.3) is 5.91 Å². The Labute approximate surface area is 140 Å². The van der Waals surface area contributed by atoms with Crippen LogP contribution in [0.4, 0.5) is 0 Å². The summed E-state index contributed by atoms with van der Waals surface area (Å²) in [6.07, 6.45) is -0.195. The standard InChI is InChI=1S/C14H14BrClN2O4/c1-22-12(19)7-11-13(20)17-4-5-18(11)14(21)9-6-8(15)2-3-10(9)16/h2-3,6,11H,4-5,7H2,1H3,(H,17,20). The van der Waals surface area contributed by atoms with Gasteiger partial charge in [0.15, 0.2) is 0 Å². The lowest BCUT2D eigenvalue weighted by Gasteiger charge is -2.34. The second kappa shape index (κ2) is 7.11. The number of ether oxygens (including phenoxy) is 1. The van der Waals surface area contributed by atoms with Crippen LogP contribution in [0.5, 0.6) is 0 Å². The van der Waals surface area contributed by atoms with Crippen LogP contribution in [-0.2, 0) is 14.3 Å². The van der Waals surface area contributed by atoms with Gasteiger partial charge < -0.3 is 15.0 Å². The number of halogens is 2. The van der Waals surface area contributed by atoms with Crippen LogP contribution in [0.1, 0.15) is 16.8 Å². The summed E-state index contributed by atoms with van der Waals surface area (Å²) in [7, 11) is 1.24. The molecule has 118 valence electrons. The maximum atomic E-state index is 12.7. The topological polar surface area (TPSA) is 75.7 Å². The minimum absolute atomic E-state index is 0.195. The smallest absolute Gasteiger partial charge is 0.308 e. The molecule has 1 saturated heterocycles. The summed E-state index contributed by atoms with van der Waals surface area (Å²) < 4.78 is 5.29. The Morgan fingerprint density at radius 2 is 2.23 bits per heavy atom. The number of hydrogen-bond acceptors (Lipinski definition) is 4. The second-order valence-electron chi connectivity index (χ2n) is 4.71. The molecule has 1 N–H and O–H groups in total. The van der Waals surface area contributed by atoms with Crippen LogP contribution < -0.4 is 5.32 Å². The van der Waals surface area contributed by atoms with Gasteiger partial charge in [-0.1, -0.05) is 27.5 Å². The van der Waals surface area contributed by atoms with Crippen LogP contribution in [0.25, 0.3) is 0 Å². The maximum Gasteiger partial charge on any atom is 0.308 e. The Bertz CT molecular complexity index is 623. The van der Waals surface area contributed by atoms with E-state index in [1.54, 1.807) is 18.2 Å². The fourth-order valence-corrected chi connectivity index (χ4v) is 2.78. The van der Waals surface area contributed by atoms with Crippen LogP contribution in [0, 0.1) is 0 Å². The number of piperazine rings is 1. The predicted molar refractivity (Wildman–Crippen MR) is 83.6 cm³/mol. The van der Waals surface area contributed by atoms with Gasteiger partial charge >= 0.3 is 5.97 Å². The van der Waals surface area contributed by atoms with Crippen molar-refractivity contribution in [2.24, 2.45) is 0 Å². The van der Waals surface area contributed by atoms with Gasteiger partial charge in [0, 0.05) is 17.6 Å². The highest BCUT2D eigenvalue weighted by Gasteiger charge is 2.36. The Morgan fingerprint density at radius 1 is 1.50 bits per heavy atom. The number of esters is 1. The van der Waals surface area contributed by atoms with E-state index in [1.165, 1.54) is 12.0 Å². The minimum Gasteiger partial charge on any atom is -0.469 e. The summed E-state index contributed by atoms with van der Waals surface area (Å²) >= 11 is 9.35. The van der Waals surface area contributed by atoms with E-state index in [-0.39, 0.29) is 22.9 Å². The van der Waals surface area contributed by atoms with Crippen molar-refractivity contribution in [2.75, 3.05) is 20.2 Å². The number of hydrogen-bond donors (Lipinski definition) is 1. The number of carbonyl (C=O) groups is 3. The molecule has 1 unspecified atom stereocenters. The van der Waals surface area contributed by atoms with Crippen LogP contribution in [0.15, 0.2) is 22.7 Å². The number of nitrogens with zero attached hydrogens (tertiary/aromatic N) is 1. The van der Waals surface area contributed by atoms with Crippen LogP contribution in [0.2, 0.25) is 5.02 Å². The van der Waals surface area contributed by atoms with E-state index >= 15 is 0 Å². The molecule has 1 atom stereocenters. The highest BCUT2D eigenvalue weighted by molar-refractivity contribution is 9.10. The third kappa shape index (κ3) is 3.59. The van der Waals surface area contributed by atoms with Crippen molar-refractivity contribution in [1.29, 1.82) is 0 Å². The maximum absolute atomic E-state index is 12.7. The van der Waals surface area contributed by atoms with E-state index in [9.17, 15) is 14.4 Å². The van der Waals surface area contributed by atoms with Gasteiger partial charge in [-0.15, -0.1) is 0 Å². The average molecular weight is 390 g/mol. The predicted octanol–water partition coefficient (Wildman–Crippen LogP) is 1.61. The quantitative estimate of drug-likeness (QED) is 0.797. The molecule has 8 heteroatoms. The first kappa shape index (κ1) is 16.8. The highest BCUT2D eigenvalue weighted by Crippen LogP contribution is 2.24. The van der Waals surface area contributed by atoms with Crippen LogP contribution in [0.3, 0.4) is 0 Å². The lowest BCUT2D eigenvalue weighted by Crippen LogP contribution is -2.57. The van der Waals surface area contributed by atoms with E-state index in [0.29, 0.717) is 17.6 Å². The first-order valence-corrected chi connectivity index (χ1v) is 7.71. The number of nitrogens with one attached hydrogen (secondary N) is 1. The number of methoxy groups -OCH3 is 1. The summed E-state index contributed by atoms with van der Waals surface area (Å²) in [5, 5.41) is 2.93. The molecule has 22 heavy (non-hydrogen) atoms. The van der Waals surface area contributed by atoms with E-state index < -0.39 is 17.9 Å². The minimum atomic E-state index is -0.899. The molecule has 1 aromatic carbocycles. The van der Waals surface area contributed by atoms with E-state index in [2.05, 4.69) is 26.0 Å². The summed E-state index contributed by atoms with van der Waals surface area (Å²) in [4.78, 5) is 37.5. The third-order valence-corrected chi connectivity index (χ3v) is 4.16. The van der Waals surface area contributed by atoms with Crippen molar-refractivity contribution in [3.8, 4) is 0 Å². The van der Waals surface area contributed by atoms with Crippen LogP contribution >= 0.6 is 27.5 Å². The Kier molecular flexibility index (Phi) is 5.42. The van der Waals surface area contributed by atoms with Crippen molar-refractivity contribution in [3.05, 3.63) is 33.3 Å². The molecule has 0 bridgehead atoms. The Balaban J connectivity index is 2.30. The molecule has 1 heterocycles. The number of benzene rings is 1. The first-order valence-electron chi connectivity index (χ1n) is 6.54. The van der Waals surface area contributed by atoms with Gasteiger partial charge in [0.1, 0.15) is 6.04 Å². The molecule has 1 fully saturated rings. The average Bonchev–Trinajstić information content (AvgIpc) is 2.50. The molecule has 0 saturated carbocycles. The normalized spacial score (nSPS) is 17.9. The van der Waals surface area contributed by atoms with Gasteiger partial charge in [-0.3, -0.25) is 14.4 Å². The zero-order valence-corrected chi connectivity index (χ0v) is 14.1. The third-order valence-electron chi connectivity index (χ3n) is 3.34. The summed E-state index contributed by atoms with van der Waals surface area (Å²) in [5.74, 6) is -1.33. The molecule has 1 aliphatic heterocycles. The fourth-order valence-electron chi connectivity index (χ4n) is 2.22. The van der Waals surface area contributed by atoms with Crippen molar-refractivity contribution in [2.45, 2.75) is 12.5 Å². The zero-order chi connectivity index (χ0) is 16.3. The molecule has 6 nitrogen and oxygen atoms in total. The molecule has 2 amide bonds. The van der Waals surface area contributed by atoms with Crippen LogP contribution in [-0.4, -0.2) is 48.9 Å². The van der Waals surface area contributed by atoms with Gasteiger partial charge in [-0.25, -0.2) is 0 Å². The molecular weight excluding hydrogens is 376 g/mol. The Morgan fingerprint density at radius 3 is 2.91 bits per heavy atom. The molecule has 0 radical (unpaired) electrons. The molecular formula is C14H14BrClN2O4. The zero-order valence-electron chi connectivity index (χ0n) is 11.8. The van der Waals surface area contributed by atoms with Gasteiger partial charge in [0.2, 0.25) is 5.91 Å². The number of amides is 2. The first-order chi connectivity index (χ1) is 10.4. The molecule has 0 aliphatic carbocycles. The molecule has 0 spiro atoms. The number of rotatable bonds is 3. The molecule has 0 aromatic heterocycles. The van der Waals surface area contributed by atoms with Gasteiger partial charge in [0.05, 0.1) is 24.1 Å². The molecule has 1 aliphatic rings. The van der Waals surface area contributed by atoms with E-state index in [0.717, 1.165) is 0 Å². The monoisotopic (exact) mass is 388 g/mol. The fraction of sp³-hybridized carbons (Fsp3) is 0.357. The van der Waals surface area contributed by atoms with Crippen molar-refractivity contribution in [1.82, 2.24) is 10.2 Å².